The van der Waals surface area contributed by atoms with Crippen molar-refractivity contribution in [2.24, 2.45) is 0 Å². The molecule has 0 heterocycles. The number of benzene rings is 1. The van der Waals surface area contributed by atoms with Crippen molar-refractivity contribution < 1.29 is 9.90 Å². The van der Waals surface area contributed by atoms with Crippen molar-refractivity contribution in [2.75, 3.05) is 5.32 Å². The number of hydrogen-bond donors (Lipinski definition) is 2. The predicted molar refractivity (Wildman–Crippen MR) is 61.6 cm³/mol. The number of carboxylic acids is 1. The minimum atomic E-state index is -0.872. The van der Waals surface area contributed by atoms with E-state index in [-0.39, 0.29) is 0 Å². The molecule has 0 aliphatic heterocycles. The highest BCUT2D eigenvalue weighted by Crippen LogP contribution is 2.20. The van der Waals surface area contributed by atoms with Gasteiger partial charge in [-0.25, -0.2) is 4.79 Å². The Balaban J connectivity index is 3.17. The minimum absolute atomic E-state index is 0.300. The summed E-state index contributed by atoms with van der Waals surface area (Å²) >= 11 is 0. The van der Waals surface area contributed by atoms with Crippen molar-refractivity contribution in [1.29, 1.82) is 0 Å². The number of aromatic carboxylic acids is 1. The summed E-state index contributed by atoms with van der Waals surface area (Å²) in [5, 5.41) is 12.2. The molecule has 15 heavy (non-hydrogen) atoms. The zero-order valence-corrected chi connectivity index (χ0v) is 9.59. The Morgan fingerprint density at radius 1 is 1.33 bits per heavy atom. The van der Waals surface area contributed by atoms with Gasteiger partial charge in [0.05, 0.1) is 5.56 Å². The van der Waals surface area contributed by atoms with E-state index in [9.17, 15) is 4.79 Å². The van der Waals surface area contributed by atoms with Crippen LogP contribution in [0.5, 0.6) is 0 Å². The smallest absolute Gasteiger partial charge is 0.336 e. The zero-order valence-electron chi connectivity index (χ0n) is 9.59. The average Bonchev–Trinajstić information content (AvgIpc) is 2.09. The zero-order chi connectivity index (χ0) is 11.6. The SMILES string of the molecule is Cc1cc(NC(C)C)cc(C(=O)O)c1C. The molecule has 3 nitrogen and oxygen atoms in total. The fourth-order valence-electron chi connectivity index (χ4n) is 1.50. The number of rotatable bonds is 3. The van der Waals surface area contributed by atoms with Gasteiger partial charge in [0.1, 0.15) is 0 Å². The minimum Gasteiger partial charge on any atom is -0.478 e. The van der Waals surface area contributed by atoms with Crippen molar-refractivity contribution in [3.05, 3.63) is 28.8 Å². The van der Waals surface area contributed by atoms with Crippen LogP contribution in [0.2, 0.25) is 0 Å². The van der Waals surface area contributed by atoms with Crippen LogP contribution in [0.25, 0.3) is 0 Å². The molecule has 0 unspecified atom stereocenters. The van der Waals surface area contributed by atoms with Gasteiger partial charge in [0.15, 0.2) is 0 Å². The molecule has 2 N–H and O–H groups in total. The number of carboxylic acid groups (broad SMARTS) is 1. The summed E-state index contributed by atoms with van der Waals surface area (Å²) < 4.78 is 0. The van der Waals surface area contributed by atoms with E-state index in [0.717, 1.165) is 16.8 Å². The maximum atomic E-state index is 11.0. The third kappa shape index (κ3) is 2.72. The van der Waals surface area contributed by atoms with Crippen molar-refractivity contribution >= 4 is 11.7 Å². The highest BCUT2D eigenvalue weighted by molar-refractivity contribution is 5.91. The Morgan fingerprint density at radius 3 is 2.40 bits per heavy atom. The second-order valence-electron chi connectivity index (χ2n) is 4.07. The quantitative estimate of drug-likeness (QED) is 0.801. The predicted octanol–water partition coefficient (Wildman–Crippen LogP) is 2.82. The van der Waals surface area contributed by atoms with Gasteiger partial charge in [0.25, 0.3) is 0 Å². The van der Waals surface area contributed by atoms with E-state index in [4.69, 9.17) is 5.11 Å². The summed E-state index contributed by atoms with van der Waals surface area (Å²) in [7, 11) is 0. The van der Waals surface area contributed by atoms with Gasteiger partial charge < -0.3 is 10.4 Å². The van der Waals surface area contributed by atoms with Crippen molar-refractivity contribution in [2.45, 2.75) is 33.7 Å². The van der Waals surface area contributed by atoms with Crippen LogP contribution in [0.15, 0.2) is 12.1 Å². The second kappa shape index (κ2) is 4.34. The normalized spacial score (nSPS) is 10.5. The Hall–Kier alpha value is -1.51. The summed E-state index contributed by atoms with van der Waals surface area (Å²) in [6.07, 6.45) is 0. The Bertz CT molecular complexity index is 383. The number of anilines is 1. The first-order chi connectivity index (χ1) is 6.91. The van der Waals surface area contributed by atoms with E-state index < -0.39 is 5.97 Å². The standard InChI is InChI=1S/C12H17NO2/c1-7(2)13-10-5-8(3)9(4)11(6-10)12(14)15/h5-7,13H,1-4H3,(H,14,15). The van der Waals surface area contributed by atoms with Crippen LogP contribution in [-0.2, 0) is 0 Å². The summed E-state index contributed by atoms with van der Waals surface area (Å²) in [5.74, 6) is -0.872. The van der Waals surface area contributed by atoms with E-state index in [2.05, 4.69) is 5.32 Å². The molecular weight excluding hydrogens is 190 g/mol. The lowest BCUT2D eigenvalue weighted by molar-refractivity contribution is 0.0696. The van der Waals surface area contributed by atoms with Crippen LogP contribution in [0, 0.1) is 13.8 Å². The fourth-order valence-corrected chi connectivity index (χ4v) is 1.50. The maximum Gasteiger partial charge on any atom is 0.336 e. The first-order valence-electron chi connectivity index (χ1n) is 5.03. The topological polar surface area (TPSA) is 49.3 Å². The highest BCUT2D eigenvalue weighted by atomic mass is 16.4. The third-order valence-electron chi connectivity index (χ3n) is 2.35. The molecule has 0 bridgehead atoms. The fraction of sp³-hybridized carbons (Fsp3) is 0.417. The van der Waals surface area contributed by atoms with E-state index in [1.165, 1.54) is 0 Å². The molecule has 0 saturated carbocycles. The van der Waals surface area contributed by atoms with Crippen LogP contribution >= 0.6 is 0 Å². The molecule has 0 atom stereocenters. The maximum absolute atomic E-state index is 11.0. The van der Waals surface area contributed by atoms with Gasteiger partial charge in [-0.1, -0.05) is 0 Å². The van der Waals surface area contributed by atoms with Gasteiger partial charge in [0.2, 0.25) is 0 Å². The van der Waals surface area contributed by atoms with Crippen LogP contribution < -0.4 is 5.32 Å². The average molecular weight is 207 g/mol. The summed E-state index contributed by atoms with van der Waals surface area (Å²) in [6, 6.07) is 3.96. The van der Waals surface area contributed by atoms with Crippen molar-refractivity contribution in [3.8, 4) is 0 Å². The van der Waals surface area contributed by atoms with Crippen molar-refractivity contribution in [1.82, 2.24) is 0 Å². The number of carbonyl (C=O) groups is 1. The first kappa shape index (κ1) is 11.6. The monoisotopic (exact) mass is 207 g/mol. The molecule has 0 fully saturated rings. The molecule has 82 valence electrons. The first-order valence-corrected chi connectivity index (χ1v) is 5.03. The van der Waals surface area contributed by atoms with Crippen LogP contribution in [0.1, 0.15) is 35.3 Å². The van der Waals surface area contributed by atoms with Crippen molar-refractivity contribution in [3.63, 3.8) is 0 Å². The van der Waals surface area contributed by atoms with Gasteiger partial charge in [-0.15, -0.1) is 0 Å². The lowest BCUT2D eigenvalue weighted by Gasteiger charge is -2.13. The highest BCUT2D eigenvalue weighted by Gasteiger charge is 2.10. The molecule has 0 aliphatic carbocycles. The Kier molecular flexibility index (Phi) is 3.35. The summed E-state index contributed by atoms with van der Waals surface area (Å²) in [6.45, 7) is 7.80. The number of aryl methyl sites for hydroxylation is 1. The number of hydrogen-bond acceptors (Lipinski definition) is 2. The van der Waals surface area contributed by atoms with Gasteiger partial charge in [-0.2, -0.15) is 0 Å². The van der Waals surface area contributed by atoms with E-state index in [0.29, 0.717) is 11.6 Å². The van der Waals surface area contributed by atoms with Gasteiger partial charge in [0, 0.05) is 11.7 Å². The Labute approximate surface area is 90.1 Å². The van der Waals surface area contributed by atoms with E-state index >= 15 is 0 Å². The van der Waals surface area contributed by atoms with Crippen LogP contribution in [-0.4, -0.2) is 17.1 Å². The molecular formula is C12H17NO2. The third-order valence-corrected chi connectivity index (χ3v) is 2.35. The largest absolute Gasteiger partial charge is 0.478 e. The molecule has 0 saturated heterocycles. The molecule has 0 aromatic heterocycles. The number of nitrogens with one attached hydrogen (secondary N) is 1. The van der Waals surface area contributed by atoms with Gasteiger partial charge in [-0.05, 0) is 51.0 Å². The molecule has 1 aromatic rings. The molecule has 1 aromatic carbocycles. The molecule has 0 spiro atoms. The summed E-state index contributed by atoms with van der Waals surface area (Å²) in [4.78, 5) is 11.0. The van der Waals surface area contributed by atoms with E-state index in [1.54, 1.807) is 6.07 Å². The van der Waals surface area contributed by atoms with Gasteiger partial charge >= 0.3 is 5.97 Å². The molecule has 0 amide bonds. The van der Waals surface area contributed by atoms with Crippen LogP contribution in [0.4, 0.5) is 5.69 Å². The lowest BCUT2D eigenvalue weighted by Crippen LogP contribution is -2.11. The molecule has 3 heteroatoms. The Morgan fingerprint density at radius 2 is 1.93 bits per heavy atom. The van der Waals surface area contributed by atoms with Crippen LogP contribution in [0.3, 0.4) is 0 Å². The van der Waals surface area contributed by atoms with Gasteiger partial charge in [-0.3, -0.25) is 0 Å². The lowest BCUT2D eigenvalue weighted by atomic mass is 10.0. The summed E-state index contributed by atoms with van der Waals surface area (Å²) in [5.41, 5.74) is 3.07. The van der Waals surface area contributed by atoms with E-state index in [1.807, 2.05) is 33.8 Å². The second-order valence-corrected chi connectivity index (χ2v) is 4.07. The molecule has 0 radical (unpaired) electrons. The molecule has 1 rings (SSSR count). The molecule has 0 aliphatic rings.